The van der Waals surface area contributed by atoms with E-state index in [1.54, 1.807) is 26.2 Å². The minimum atomic E-state index is -0.117. The molecule has 4 rings (SSSR count). The Bertz CT molecular complexity index is 887. The third-order valence-corrected chi connectivity index (χ3v) is 5.43. The monoisotopic (exact) mass is 370 g/mol. The quantitative estimate of drug-likeness (QED) is 0.831. The van der Waals surface area contributed by atoms with Crippen LogP contribution in [0.4, 0.5) is 11.4 Å². The Balaban J connectivity index is 1.70. The number of rotatable bonds is 4. The number of para-hydroxylation sites is 2. The lowest BCUT2D eigenvalue weighted by molar-refractivity contribution is -0.114. The number of nitrogens with zero attached hydrogens (tertiary/aromatic N) is 1. The number of nitrogens with one attached hydrogen (secondary N) is 1. The second-order valence-electron chi connectivity index (χ2n) is 5.77. The summed E-state index contributed by atoms with van der Waals surface area (Å²) in [5, 5.41) is 3.36. The molecule has 2 aliphatic rings. The first-order chi connectivity index (χ1) is 12.7. The first-order valence-corrected chi connectivity index (χ1v) is 8.91. The summed E-state index contributed by atoms with van der Waals surface area (Å²) in [6.07, 6.45) is 1.85. The number of anilines is 2. The van der Waals surface area contributed by atoms with Gasteiger partial charge in [-0.2, -0.15) is 0 Å². The van der Waals surface area contributed by atoms with Crippen LogP contribution in [0.5, 0.6) is 17.2 Å². The number of fused-ring (bicyclic) bond motifs is 3. The number of ether oxygens (including phenoxy) is 3. The molecule has 1 saturated heterocycles. The molecule has 2 aliphatic heterocycles. The summed E-state index contributed by atoms with van der Waals surface area (Å²) in [7, 11) is 4.70. The van der Waals surface area contributed by atoms with Crippen LogP contribution in [-0.4, -0.2) is 32.7 Å². The van der Waals surface area contributed by atoms with Crippen LogP contribution >= 0.6 is 11.8 Å². The molecular formula is C19H18N2O4S. The molecule has 1 N–H and O–H groups in total. The molecule has 6 nitrogen and oxygen atoms in total. The summed E-state index contributed by atoms with van der Waals surface area (Å²) in [5.41, 5.74) is 2.58. The summed E-state index contributed by atoms with van der Waals surface area (Å²) in [4.78, 5) is 15.3. The van der Waals surface area contributed by atoms with Gasteiger partial charge in [0.25, 0.3) is 5.91 Å². The number of hydrogen-bond acceptors (Lipinski definition) is 6. The molecule has 2 aromatic carbocycles. The molecule has 2 heterocycles. The van der Waals surface area contributed by atoms with Gasteiger partial charge in [-0.05, 0) is 35.9 Å². The molecule has 7 heteroatoms. The molecule has 0 aromatic heterocycles. The number of carbonyl (C=O) groups is 1. The van der Waals surface area contributed by atoms with E-state index in [9.17, 15) is 4.79 Å². The van der Waals surface area contributed by atoms with Gasteiger partial charge in [-0.1, -0.05) is 23.9 Å². The van der Waals surface area contributed by atoms with Gasteiger partial charge in [0.2, 0.25) is 5.75 Å². The Kier molecular flexibility index (Phi) is 4.16. The lowest BCUT2D eigenvalue weighted by atomic mass is 10.1. The zero-order valence-electron chi connectivity index (χ0n) is 14.6. The van der Waals surface area contributed by atoms with Crippen molar-refractivity contribution in [1.82, 2.24) is 0 Å². The maximum Gasteiger partial charge on any atom is 0.267 e. The van der Waals surface area contributed by atoms with Crippen LogP contribution in [0.25, 0.3) is 6.08 Å². The zero-order valence-corrected chi connectivity index (χ0v) is 15.4. The number of hydrogen-bond donors (Lipinski definition) is 1. The van der Waals surface area contributed by atoms with E-state index in [0.29, 0.717) is 22.2 Å². The highest BCUT2D eigenvalue weighted by Gasteiger charge is 2.42. The van der Waals surface area contributed by atoms with Crippen molar-refractivity contribution in [2.24, 2.45) is 0 Å². The van der Waals surface area contributed by atoms with E-state index in [4.69, 9.17) is 14.2 Å². The Labute approximate surface area is 155 Å². The zero-order chi connectivity index (χ0) is 18.3. The first-order valence-electron chi connectivity index (χ1n) is 8.03. The molecule has 2 aromatic rings. The van der Waals surface area contributed by atoms with Crippen LogP contribution in [0.2, 0.25) is 0 Å². The van der Waals surface area contributed by atoms with Gasteiger partial charge >= 0.3 is 0 Å². The summed E-state index contributed by atoms with van der Waals surface area (Å²) in [6, 6.07) is 11.5. The first kappa shape index (κ1) is 16.7. The van der Waals surface area contributed by atoms with Crippen molar-refractivity contribution in [1.29, 1.82) is 0 Å². The van der Waals surface area contributed by atoms with E-state index in [1.807, 2.05) is 42.5 Å². The molecule has 0 radical (unpaired) electrons. The minimum Gasteiger partial charge on any atom is -0.493 e. The molecule has 26 heavy (non-hydrogen) atoms. The fourth-order valence-corrected chi connectivity index (χ4v) is 4.29. The third-order valence-electron chi connectivity index (χ3n) is 4.33. The van der Waals surface area contributed by atoms with E-state index < -0.39 is 0 Å². The van der Waals surface area contributed by atoms with Crippen LogP contribution in [0.3, 0.4) is 0 Å². The van der Waals surface area contributed by atoms with Gasteiger partial charge in [0, 0.05) is 0 Å². The van der Waals surface area contributed by atoms with Crippen molar-refractivity contribution in [2.75, 3.05) is 31.5 Å². The lowest BCUT2D eigenvalue weighted by Crippen LogP contribution is -2.31. The molecule has 1 fully saturated rings. The highest BCUT2D eigenvalue weighted by atomic mass is 32.2. The van der Waals surface area contributed by atoms with Gasteiger partial charge in [0.05, 0.1) is 37.6 Å². The average Bonchev–Trinajstić information content (AvgIpc) is 3.17. The molecule has 0 spiro atoms. The van der Waals surface area contributed by atoms with Gasteiger partial charge in [0.1, 0.15) is 0 Å². The highest BCUT2D eigenvalue weighted by molar-refractivity contribution is 8.05. The van der Waals surface area contributed by atoms with Crippen molar-refractivity contribution in [3.8, 4) is 17.2 Å². The Morgan fingerprint density at radius 2 is 1.77 bits per heavy atom. The van der Waals surface area contributed by atoms with Gasteiger partial charge < -0.3 is 19.5 Å². The standard InChI is InChI=1S/C19H18N2O4S/c1-23-14-8-11(9-15(24-2)17(14)25-3)10-16-18(22)21-13-7-5-4-6-12(13)20-19(21)26-16/h4-10,19-20H,1-3H3/b16-10-/t19-/m1/s1. The molecule has 0 saturated carbocycles. The molecule has 1 amide bonds. The summed E-state index contributed by atoms with van der Waals surface area (Å²) >= 11 is 1.49. The number of carbonyl (C=O) groups excluding carboxylic acids is 1. The highest BCUT2D eigenvalue weighted by Crippen LogP contribution is 2.47. The normalized spacial score (nSPS) is 19.2. The van der Waals surface area contributed by atoms with E-state index >= 15 is 0 Å². The molecule has 0 unspecified atom stereocenters. The Morgan fingerprint density at radius 1 is 1.08 bits per heavy atom. The maximum absolute atomic E-state index is 12.9. The number of methoxy groups -OCH3 is 3. The minimum absolute atomic E-state index is 0.0220. The summed E-state index contributed by atoms with van der Waals surface area (Å²) in [5.74, 6) is 1.61. The van der Waals surface area contributed by atoms with E-state index in [-0.39, 0.29) is 11.4 Å². The summed E-state index contributed by atoms with van der Waals surface area (Å²) in [6.45, 7) is 0. The summed E-state index contributed by atoms with van der Waals surface area (Å²) < 4.78 is 16.1. The van der Waals surface area contributed by atoms with Crippen LogP contribution in [0, 0.1) is 0 Å². The van der Waals surface area contributed by atoms with Gasteiger partial charge in [-0.3, -0.25) is 9.69 Å². The van der Waals surface area contributed by atoms with Crippen LogP contribution in [0.15, 0.2) is 41.3 Å². The molecule has 134 valence electrons. The average molecular weight is 370 g/mol. The van der Waals surface area contributed by atoms with Crippen molar-refractivity contribution in [3.63, 3.8) is 0 Å². The third kappa shape index (κ3) is 2.55. The topological polar surface area (TPSA) is 60.0 Å². The van der Waals surface area contributed by atoms with Gasteiger partial charge in [-0.25, -0.2) is 0 Å². The second-order valence-corrected chi connectivity index (χ2v) is 6.90. The lowest BCUT2D eigenvalue weighted by Gasteiger charge is -2.13. The van der Waals surface area contributed by atoms with Crippen molar-refractivity contribution in [3.05, 3.63) is 46.9 Å². The number of benzene rings is 2. The van der Waals surface area contributed by atoms with Crippen molar-refractivity contribution in [2.45, 2.75) is 5.50 Å². The van der Waals surface area contributed by atoms with Crippen molar-refractivity contribution >= 4 is 35.1 Å². The van der Waals surface area contributed by atoms with E-state index in [2.05, 4.69) is 5.32 Å². The van der Waals surface area contributed by atoms with E-state index in [1.165, 1.54) is 11.8 Å². The predicted octanol–water partition coefficient (Wildman–Crippen LogP) is 3.54. The number of amides is 1. The SMILES string of the molecule is COc1cc(/C=C2\S[C@@H]3Nc4ccccc4N3C2=O)cc(OC)c1OC. The predicted molar refractivity (Wildman–Crippen MR) is 103 cm³/mol. The molecule has 1 atom stereocenters. The maximum atomic E-state index is 12.9. The molecule has 0 bridgehead atoms. The number of thioether (sulfide) groups is 1. The largest absolute Gasteiger partial charge is 0.493 e. The van der Waals surface area contributed by atoms with Crippen LogP contribution in [0.1, 0.15) is 5.56 Å². The molecule has 0 aliphatic carbocycles. The Morgan fingerprint density at radius 3 is 2.42 bits per heavy atom. The molecular weight excluding hydrogens is 352 g/mol. The van der Waals surface area contributed by atoms with Gasteiger partial charge in [-0.15, -0.1) is 0 Å². The Hall–Kier alpha value is -2.80. The van der Waals surface area contributed by atoms with Crippen molar-refractivity contribution < 1.29 is 19.0 Å². The van der Waals surface area contributed by atoms with E-state index in [0.717, 1.165) is 16.9 Å². The van der Waals surface area contributed by atoms with Crippen LogP contribution < -0.4 is 24.4 Å². The fourth-order valence-electron chi connectivity index (χ4n) is 3.15. The van der Waals surface area contributed by atoms with Crippen LogP contribution in [-0.2, 0) is 4.79 Å². The van der Waals surface area contributed by atoms with Gasteiger partial charge in [0.15, 0.2) is 17.0 Å². The second kappa shape index (κ2) is 6.49. The smallest absolute Gasteiger partial charge is 0.267 e. The fraction of sp³-hybridized carbons (Fsp3) is 0.211.